The highest BCUT2D eigenvalue weighted by atomic mass is 35.5. The molecule has 1 heterocycles. The number of methoxy groups -OCH3 is 1. The topological polar surface area (TPSA) is 85.3 Å². The predicted octanol–water partition coefficient (Wildman–Crippen LogP) is 2.44. The van der Waals surface area contributed by atoms with Crippen molar-refractivity contribution < 1.29 is 14.3 Å². The number of ether oxygens (including phenoxy) is 1. The molecule has 0 saturated heterocycles. The minimum atomic E-state index is -0.551. The largest absolute Gasteiger partial charge is 0.383 e. The van der Waals surface area contributed by atoms with E-state index < -0.39 is 11.9 Å². The van der Waals surface area contributed by atoms with Crippen LogP contribution >= 0.6 is 23.4 Å². The van der Waals surface area contributed by atoms with E-state index in [0.29, 0.717) is 29.9 Å². The molecule has 134 valence electrons. The second-order valence-corrected chi connectivity index (χ2v) is 6.39. The summed E-state index contributed by atoms with van der Waals surface area (Å²) in [5.74, 6) is -0.346. The Morgan fingerprint density at radius 3 is 3.00 bits per heavy atom. The molecular formula is C16H19ClN4O3S. The van der Waals surface area contributed by atoms with Crippen LogP contribution in [0.3, 0.4) is 0 Å². The van der Waals surface area contributed by atoms with Crippen LogP contribution in [0.1, 0.15) is 0 Å². The number of imidazole rings is 1. The number of carbonyl (C=O) groups excluding carboxylic acids is 2. The van der Waals surface area contributed by atoms with E-state index in [0.717, 1.165) is 11.0 Å². The minimum absolute atomic E-state index is 0.0611. The maximum absolute atomic E-state index is 11.9. The van der Waals surface area contributed by atoms with Crippen molar-refractivity contribution in [1.82, 2.24) is 20.2 Å². The van der Waals surface area contributed by atoms with Gasteiger partial charge in [0.2, 0.25) is 5.91 Å². The van der Waals surface area contributed by atoms with Gasteiger partial charge < -0.3 is 14.6 Å². The van der Waals surface area contributed by atoms with Crippen molar-refractivity contribution in [1.29, 1.82) is 0 Å². The Kier molecular flexibility index (Phi) is 7.30. The molecule has 0 atom stereocenters. The molecule has 2 aromatic rings. The van der Waals surface area contributed by atoms with Crippen molar-refractivity contribution in [2.45, 2.75) is 11.7 Å². The standard InChI is InChI=1S/C16H19ClN4O3S/c1-3-6-18-15(23)20-14(22)10-25-16-19-12-9-11(17)4-5-13(12)21(16)7-8-24-2/h3-5,9H,1,6-8,10H2,2H3,(H2,18,20,22,23). The quantitative estimate of drug-likeness (QED) is 0.541. The number of rotatable bonds is 8. The Labute approximate surface area is 154 Å². The maximum Gasteiger partial charge on any atom is 0.321 e. The minimum Gasteiger partial charge on any atom is -0.383 e. The molecule has 1 aromatic carbocycles. The number of fused-ring (bicyclic) bond motifs is 1. The summed E-state index contributed by atoms with van der Waals surface area (Å²) in [6.07, 6.45) is 1.53. The number of benzene rings is 1. The fourth-order valence-electron chi connectivity index (χ4n) is 2.09. The van der Waals surface area contributed by atoms with Crippen molar-refractivity contribution >= 4 is 46.3 Å². The highest BCUT2D eigenvalue weighted by molar-refractivity contribution is 7.99. The summed E-state index contributed by atoms with van der Waals surface area (Å²) in [7, 11) is 1.62. The molecule has 1 aromatic heterocycles. The molecule has 0 radical (unpaired) electrons. The summed E-state index contributed by atoms with van der Waals surface area (Å²) in [5.41, 5.74) is 1.66. The highest BCUT2D eigenvalue weighted by Crippen LogP contribution is 2.26. The maximum atomic E-state index is 11.9. The van der Waals surface area contributed by atoms with Gasteiger partial charge in [-0.1, -0.05) is 29.4 Å². The van der Waals surface area contributed by atoms with Crippen LogP contribution in [0, 0.1) is 0 Å². The third-order valence-corrected chi connectivity index (χ3v) is 4.40. The lowest BCUT2D eigenvalue weighted by molar-refractivity contribution is -0.117. The normalized spacial score (nSPS) is 10.6. The van der Waals surface area contributed by atoms with Gasteiger partial charge in [0.15, 0.2) is 5.16 Å². The first-order chi connectivity index (χ1) is 12.0. The fraction of sp³-hybridized carbons (Fsp3) is 0.312. The Morgan fingerprint density at radius 1 is 1.48 bits per heavy atom. The van der Waals surface area contributed by atoms with Crippen molar-refractivity contribution in [2.75, 3.05) is 26.0 Å². The number of halogens is 1. The molecular weight excluding hydrogens is 364 g/mol. The number of hydrogen-bond donors (Lipinski definition) is 2. The van der Waals surface area contributed by atoms with Gasteiger partial charge in [0, 0.05) is 25.2 Å². The Morgan fingerprint density at radius 2 is 2.28 bits per heavy atom. The molecule has 0 fully saturated rings. The number of carbonyl (C=O) groups is 2. The van der Waals surface area contributed by atoms with E-state index in [-0.39, 0.29) is 5.75 Å². The molecule has 3 amide bonds. The highest BCUT2D eigenvalue weighted by Gasteiger charge is 2.14. The molecule has 7 nitrogen and oxygen atoms in total. The summed E-state index contributed by atoms with van der Waals surface area (Å²) >= 11 is 7.26. The van der Waals surface area contributed by atoms with Gasteiger partial charge in [0.25, 0.3) is 0 Å². The molecule has 0 aliphatic heterocycles. The summed E-state index contributed by atoms with van der Waals surface area (Å²) in [6, 6.07) is 4.89. The van der Waals surface area contributed by atoms with E-state index in [2.05, 4.69) is 22.2 Å². The number of thioether (sulfide) groups is 1. The molecule has 0 unspecified atom stereocenters. The van der Waals surface area contributed by atoms with Gasteiger partial charge >= 0.3 is 6.03 Å². The van der Waals surface area contributed by atoms with Crippen molar-refractivity contribution in [2.24, 2.45) is 0 Å². The van der Waals surface area contributed by atoms with Crippen LogP contribution in [0.5, 0.6) is 0 Å². The van der Waals surface area contributed by atoms with Gasteiger partial charge in [0.1, 0.15) is 0 Å². The lowest BCUT2D eigenvalue weighted by atomic mass is 10.3. The van der Waals surface area contributed by atoms with E-state index in [1.54, 1.807) is 19.2 Å². The molecule has 0 bridgehead atoms. The molecule has 25 heavy (non-hydrogen) atoms. The molecule has 0 aliphatic rings. The molecule has 0 saturated carbocycles. The second kappa shape index (κ2) is 9.45. The fourth-order valence-corrected chi connectivity index (χ4v) is 3.10. The SMILES string of the molecule is C=CCNC(=O)NC(=O)CSc1nc2cc(Cl)ccc2n1CCOC. The zero-order valence-electron chi connectivity index (χ0n) is 13.8. The number of nitrogens with zero attached hydrogens (tertiary/aromatic N) is 2. The lowest BCUT2D eigenvalue weighted by Gasteiger charge is -2.08. The Bertz CT molecular complexity index is 778. The van der Waals surface area contributed by atoms with Crippen LogP contribution in [-0.4, -0.2) is 47.5 Å². The summed E-state index contributed by atoms with van der Waals surface area (Å²) in [6.45, 7) is 4.89. The van der Waals surface area contributed by atoms with Crippen LogP contribution < -0.4 is 10.6 Å². The summed E-state index contributed by atoms with van der Waals surface area (Å²) in [5, 5.41) is 5.99. The van der Waals surface area contributed by atoms with E-state index in [1.807, 2.05) is 10.6 Å². The number of aromatic nitrogens is 2. The smallest absolute Gasteiger partial charge is 0.321 e. The molecule has 2 rings (SSSR count). The predicted molar refractivity (Wildman–Crippen MR) is 99.1 cm³/mol. The van der Waals surface area contributed by atoms with Crippen LogP contribution in [0.15, 0.2) is 36.0 Å². The van der Waals surface area contributed by atoms with Gasteiger partial charge in [0.05, 0.1) is 23.4 Å². The number of amides is 3. The number of urea groups is 1. The zero-order chi connectivity index (χ0) is 18.2. The molecule has 2 N–H and O–H groups in total. The molecule has 0 aliphatic carbocycles. The van der Waals surface area contributed by atoms with E-state index in [4.69, 9.17) is 16.3 Å². The molecule has 0 spiro atoms. The van der Waals surface area contributed by atoms with Gasteiger partial charge in [-0.15, -0.1) is 6.58 Å². The van der Waals surface area contributed by atoms with Gasteiger partial charge in [-0.25, -0.2) is 9.78 Å². The van der Waals surface area contributed by atoms with Crippen LogP contribution in [-0.2, 0) is 16.1 Å². The monoisotopic (exact) mass is 382 g/mol. The Hall–Kier alpha value is -2.03. The van der Waals surface area contributed by atoms with E-state index in [9.17, 15) is 9.59 Å². The van der Waals surface area contributed by atoms with Crippen LogP contribution in [0.25, 0.3) is 11.0 Å². The average molecular weight is 383 g/mol. The third kappa shape index (κ3) is 5.48. The molecule has 9 heteroatoms. The van der Waals surface area contributed by atoms with Gasteiger partial charge in [-0.3, -0.25) is 10.1 Å². The van der Waals surface area contributed by atoms with Crippen LogP contribution in [0.4, 0.5) is 4.79 Å². The number of imide groups is 1. The van der Waals surface area contributed by atoms with Crippen LogP contribution in [0.2, 0.25) is 5.02 Å². The Balaban J connectivity index is 2.07. The van der Waals surface area contributed by atoms with E-state index in [1.165, 1.54) is 17.8 Å². The summed E-state index contributed by atoms with van der Waals surface area (Å²) < 4.78 is 7.10. The van der Waals surface area contributed by atoms with Gasteiger partial charge in [-0.2, -0.15) is 0 Å². The lowest BCUT2D eigenvalue weighted by Crippen LogP contribution is -2.40. The van der Waals surface area contributed by atoms with Crippen molar-refractivity contribution in [3.8, 4) is 0 Å². The van der Waals surface area contributed by atoms with Crippen molar-refractivity contribution in [3.05, 3.63) is 35.9 Å². The van der Waals surface area contributed by atoms with Gasteiger partial charge in [-0.05, 0) is 18.2 Å². The van der Waals surface area contributed by atoms with Crippen molar-refractivity contribution in [3.63, 3.8) is 0 Å². The second-order valence-electron chi connectivity index (χ2n) is 5.01. The first-order valence-corrected chi connectivity index (χ1v) is 8.87. The summed E-state index contributed by atoms with van der Waals surface area (Å²) in [4.78, 5) is 27.9. The van der Waals surface area contributed by atoms with E-state index >= 15 is 0 Å². The first-order valence-electron chi connectivity index (χ1n) is 7.51. The number of nitrogens with one attached hydrogen (secondary N) is 2. The average Bonchev–Trinajstić information content (AvgIpc) is 2.92. The first kappa shape index (κ1) is 19.3. The number of hydrogen-bond acceptors (Lipinski definition) is 5. The third-order valence-electron chi connectivity index (χ3n) is 3.19. The zero-order valence-corrected chi connectivity index (χ0v) is 15.3.